The minimum atomic E-state index is -4.82. The van der Waals surface area contributed by atoms with Gasteiger partial charge in [-0.25, -0.2) is 9.13 Å². The molecule has 37 nitrogen and oxygen atoms in total. The number of Topliss-reactive ketones (excluding diaryl/α,β-unsaturated/α-hetero) is 3. The van der Waals surface area contributed by atoms with Gasteiger partial charge in [0.2, 0.25) is 35.4 Å². The first-order chi connectivity index (χ1) is 59.0. The lowest BCUT2D eigenvalue weighted by molar-refractivity contribution is -0.142. The van der Waals surface area contributed by atoms with Crippen LogP contribution >= 0.6 is 15.6 Å². The Labute approximate surface area is 735 Å². The first kappa shape index (κ1) is 117. The van der Waals surface area contributed by atoms with Crippen LogP contribution in [0, 0.1) is 23.7 Å². The number of unbranched alkanes of at least 4 members (excludes halogenated alkanes) is 15. The zero-order valence-corrected chi connectivity index (χ0v) is 77.4. The molecule has 17 atom stereocenters. The van der Waals surface area contributed by atoms with Crippen molar-refractivity contribution < 1.29 is 150 Å². The molecule has 3 rings (SSSR count). The third kappa shape index (κ3) is 52.4. The van der Waals surface area contributed by atoms with Crippen LogP contribution in [0.4, 0.5) is 0 Å². The van der Waals surface area contributed by atoms with Crippen molar-refractivity contribution in [3.8, 4) is 0 Å². The third-order valence-corrected chi connectivity index (χ3v) is 23.8. The van der Waals surface area contributed by atoms with Crippen LogP contribution in [0.25, 0.3) is 0 Å². The molecule has 39 heteroatoms. The summed E-state index contributed by atoms with van der Waals surface area (Å²) in [7, 11) is -8.17. The summed E-state index contributed by atoms with van der Waals surface area (Å²) in [5.74, 6) is -2.94. The summed E-state index contributed by atoms with van der Waals surface area (Å²) in [5.41, 5.74) is 0. The molecule has 0 radical (unpaired) electrons. The van der Waals surface area contributed by atoms with Crippen LogP contribution in [0.3, 0.4) is 0 Å². The summed E-state index contributed by atoms with van der Waals surface area (Å²) in [6.07, 6.45) is 6.62. The number of ether oxygens (including phenoxy) is 4. The molecule has 0 aliphatic heterocycles. The second-order valence-electron chi connectivity index (χ2n) is 33.0. The topological polar surface area (TPSA) is 550 Å². The Balaban J connectivity index is 0.0000124. The van der Waals surface area contributed by atoms with Crippen LogP contribution in [-0.4, -0.2) is 327 Å². The Morgan fingerprint density at radius 2 is 0.556 bits per heavy atom. The number of methoxy groups -OCH3 is 1. The molecule has 0 bridgehead atoms. The number of aliphatic hydroxyl groups is 10. The van der Waals surface area contributed by atoms with Gasteiger partial charge in [-0.1, -0.05) is 92.4 Å². The van der Waals surface area contributed by atoms with Gasteiger partial charge in [-0.15, -0.1) is 0 Å². The van der Waals surface area contributed by atoms with Crippen LogP contribution in [0.1, 0.15) is 267 Å². The summed E-state index contributed by atoms with van der Waals surface area (Å²) < 4.78 is 70.4. The summed E-state index contributed by atoms with van der Waals surface area (Å²) >= 11 is 0. The van der Waals surface area contributed by atoms with Gasteiger partial charge < -0.3 is 110 Å². The van der Waals surface area contributed by atoms with Gasteiger partial charge in [0.15, 0.2) is 0 Å². The number of hydrogen-bond acceptors (Lipinski definition) is 29. The number of ketones is 3. The van der Waals surface area contributed by atoms with E-state index < -0.39 is 151 Å². The Kier molecular flexibility index (Phi) is 65.8. The van der Waals surface area contributed by atoms with Gasteiger partial charge >= 0.3 is 15.6 Å². The van der Waals surface area contributed by atoms with Gasteiger partial charge in [-0.3, -0.25) is 61.2 Å². The van der Waals surface area contributed by atoms with Crippen molar-refractivity contribution in [2.75, 3.05) is 126 Å². The van der Waals surface area contributed by atoms with Crippen LogP contribution in [0.5, 0.6) is 0 Å². The van der Waals surface area contributed by atoms with E-state index in [1.165, 1.54) is 42.6 Å². The fourth-order valence-corrected chi connectivity index (χ4v) is 16.3. The van der Waals surface area contributed by atoms with E-state index >= 15 is 0 Å². The molecule has 0 spiro atoms. The Hall–Kier alpha value is -4.51. The van der Waals surface area contributed by atoms with Crippen LogP contribution < -0.4 is 16.0 Å². The van der Waals surface area contributed by atoms with E-state index in [1.54, 1.807) is 0 Å². The monoisotopic (exact) mass is 1820 g/mol. The highest BCUT2D eigenvalue weighted by Gasteiger charge is 2.47. The van der Waals surface area contributed by atoms with E-state index in [-0.39, 0.29) is 152 Å². The van der Waals surface area contributed by atoms with Crippen molar-refractivity contribution in [1.82, 2.24) is 30.7 Å². The maximum Gasteiger partial charge on any atom is 0.472 e. The SMILES string of the molecule is CC.CC(C)C.COCCN(CCOP(=O)(O)OCCN(CCOP(=O)(O)OCCN(CCO)C(=O)CCCCCCC(=O)CCCCCOC1CC(CO)C(O)C(O)C1NC(C)=O)C(=O)CCCCCCC(=O)CCCCCOC1CC(CO)C(O)C(O)C1NC(C)=O)C(=O)CCCCCCC(=O)CCCCCOC1CC(CO)C(O)C(O)C1NC(C)=O. The fourth-order valence-electron chi connectivity index (χ4n) is 14.9. The minimum absolute atomic E-state index is 0.0208. The van der Waals surface area contributed by atoms with Gasteiger partial charge in [-0.05, 0) is 102 Å². The highest BCUT2D eigenvalue weighted by Crippen LogP contribution is 2.44. The Morgan fingerprint density at radius 1 is 0.339 bits per heavy atom. The second kappa shape index (κ2) is 69.4. The average molecular weight is 1820 g/mol. The molecule has 17 unspecified atom stereocenters. The predicted octanol–water partition coefficient (Wildman–Crippen LogP) is 5.35. The van der Waals surface area contributed by atoms with Crippen molar-refractivity contribution in [2.24, 2.45) is 23.7 Å². The molecule has 0 heterocycles. The lowest BCUT2D eigenvalue weighted by Gasteiger charge is -2.42. The maximum atomic E-state index is 13.8. The largest absolute Gasteiger partial charge is 0.472 e. The molecule has 0 saturated heterocycles. The number of phosphoric acid groups is 2. The summed E-state index contributed by atoms with van der Waals surface area (Å²) in [6.45, 7) is 11.2. The minimum Gasteiger partial charge on any atom is -0.396 e. The van der Waals surface area contributed by atoms with Crippen molar-refractivity contribution in [3.63, 3.8) is 0 Å². The molecule has 0 aromatic rings. The van der Waals surface area contributed by atoms with Gasteiger partial charge in [-0.2, -0.15) is 0 Å². The zero-order valence-electron chi connectivity index (χ0n) is 75.7. The maximum absolute atomic E-state index is 13.8. The zero-order chi connectivity index (χ0) is 93.0. The Bertz CT molecular complexity index is 3020. The van der Waals surface area contributed by atoms with Crippen molar-refractivity contribution >= 4 is 68.4 Å². The van der Waals surface area contributed by atoms with Gasteiger partial charge in [0, 0.05) is 182 Å². The first-order valence-electron chi connectivity index (χ1n) is 45.3. The summed E-state index contributed by atoms with van der Waals surface area (Å²) in [4.78, 5) is 139. The van der Waals surface area contributed by atoms with E-state index in [9.17, 15) is 113 Å². The normalized spacial score (nSPS) is 23.5. The van der Waals surface area contributed by atoms with E-state index in [0.29, 0.717) is 187 Å². The second-order valence-corrected chi connectivity index (χ2v) is 35.9. The molecule has 0 aromatic carbocycles. The molecular formula is C85H160N6O31P2. The molecule has 6 amide bonds. The van der Waals surface area contributed by atoms with Crippen molar-refractivity contribution in [2.45, 2.75) is 340 Å². The smallest absolute Gasteiger partial charge is 0.396 e. The number of amides is 6. The number of nitrogens with one attached hydrogen (secondary N) is 3. The number of carbonyl (C=O) groups excluding carboxylic acids is 9. The lowest BCUT2D eigenvalue weighted by Crippen LogP contribution is -2.61. The molecular weight excluding hydrogens is 1660 g/mol. The molecule has 3 aliphatic rings. The van der Waals surface area contributed by atoms with E-state index in [1.807, 2.05) is 13.8 Å². The molecule has 3 aliphatic carbocycles. The average Bonchev–Trinajstić information content (AvgIpc) is 0.817. The molecule has 3 saturated carbocycles. The fraction of sp³-hybridized carbons (Fsp3) is 0.894. The number of aliphatic hydroxyl groups excluding tert-OH is 10. The number of nitrogens with zero attached hydrogens (tertiary/aromatic N) is 3. The van der Waals surface area contributed by atoms with Gasteiger partial charge in [0.1, 0.15) is 35.7 Å². The third-order valence-electron chi connectivity index (χ3n) is 21.8. The highest BCUT2D eigenvalue weighted by atomic mass is 31.2. The van der Waals surface area contributed by atoms with Crippen LogP contribution in [-0.2, 0) is 89.3 Å². The predicted molar refractivity (Wildman–Crippen MR) is 461 cm³/mol. The quantitative estimate of drug-likeness (QED) is 0.0269. The van der Waals surface area contributed by atoms with E-state index in [4.69, 9.17) is 37.0 Å². The molecule has 726 valence electrons. The van der Waals surface area contributed by atoms with Crippen molar-refractivity contribution in [1.29, 1.82) is 0 Å². The number of phosphoric ester groups is 2. The Morgan fingerprint density at radius 3 is 0.774 bits per heavy atom. The standard InChI is InChI=1S/C79H144N6O31P2.C4H10.C2H6/c1-56(90)80-71-65(50-59(53-87)74(99)77(71)102)110-42-23-11-17-29-62(93)26-14-5-8-20-32-68(96)83(35-41-86)37-46-113-117(105,106)115-48-39-85(70(98)34-22-10-7-16-28-64(95)31-19-13-25-44-112-67-52-61(55-89)76(101)79(104)73(67)82-58(3)92)40-49-116-118(107,108)114-47-38-84(36-45-109-4)69(97)33-21-9-6-15-27-63(94)30-18-12-24-43-111-66-51-60(54-88)75(100)78(103)72(66)81-57(2)91;1-4(2)3;1-2/h59-61,65-67,71-79,86-89,99-104H,5-55H2,1-4H3,(H,80,90)(H,81,91)(H,82,92)(H,105,106)(H,107,108);4H,1-3H3;1-2H3. The van der Waals surface area contributed by atoms with Gasteiger partial charge in [0.25, 0.3) is 0 Å². The molecule has 15 N–H and O–H groups in total. The number of carbonyl (C=O) groups is 9. The summed E-state index contributed by atoms with van der Waals surface area (Å²) in [6, 6.07) is -2.50. The highest BCUT2D eigenvalue weighted by molar-refractivity contribution is 7.47. The van der Waals surface area contributed by atoms with Gasteiger partial charge in [0.05, 0.1) is 94.4 Å². The number of hydrogen-bond donors (Lipinski definition) is 15. The lowest BCUT2D eigenvalue weighted by atomic mass is 9.79. The van der Waals surface area contributed by atoms with E-state index in [0.717, 1.165) is 5.92 Å². The van der Waals surface area contributed by atoms with Crippen molar-refractivity contribution in [3.05, 3.63) is 0 Å². The molecule has 3 fully saturated rings. The van der Waals surface area contributed by atoms with Crippen LogP contribution in [0.15, 0.2) is 0 Å². The first-order valence-corrected chi connectivity index (χ1v) is 48.3. The van der Waals surface area contributed by atoms with Crippen LogP contribution in [0.2, 0.25) is 0 Å². The molecule has 124 heavy (non-hydrogen) atoms. The molecule has 0 aromatic heterocycles. The number of rotatable bonds is 69. The summed E-state index contributed by atoms with van der Waals surface area (Å²) in [5, 5.41) is 109. The van der Waals surface area contributed by atoms with E-state index in [2.05, 4.69) is 36.7 Å².